The molecule has 0 saturated heterocycles. The van der Waals surface area contributed by atoms with Crippen molar-refractivity contribution < 1.29 is 9.53 Å². The van der Waals surface area contributed by atoms with Crippen LogP contribution in [0.5, 0.6) is 5.75 Å². The number of nitrogens with zero attached hydrogens (tertiary/aromatic N) is 5. The van der Waals surface area contributed by atoms with Crippen LogP contribution >= 0.6 is 46.4 Å². The molecular formula is C22H22Cl4N6O2. The Balaban J connectivity index is 0.000000243. The Morgan fingerprint density at radius 3 is 2.47 bits per heavy atom. The minimum absolute atomic E-state index is 0.152. The highest BCUT2D eigenvalue weighted by Gasteiger charge is 2.15. The molecule has 3 heterocycles. The van der Waals surface area contributed by atoms with Gasteiger partial charge in [-0.3, -0.25) is 4.57 Å². The zero-order valence-corrected chi connectivity index (χ0v) is 21.5. The molecule has 0 atom stereocenters. The van der Waals surface area contributed by atoms with Crippen molar-refractivity contribution in [2.45, 2.75) is 20.3 Å². The molecule has 4 rings (SSSR count). The number of H-pyrrole nitrogens is 1. The molecule has 8 nitrogen and oxygen atoms in total. The first kappa shape index (κ1) is 26.1. The number of nitrogens with one attached hydrogen (secondary N) is 1. The number of hydrogen-bond acceptors (Lipinski definition) is 5. The Morgan fingerprint density at radius 1 is 1.12 bits per heavy atom. The molecule has 34 heavy (non-hydrogen) atoms. The van der Waals surface area contributed by atoms with Crippen LogP contribution in [0.2, 0.25) is 20.2 Å². The maximum absolute atomic E-state index is 12.3. The third kappa shape index (κ3) is 6.76. The summed E-state index contributed by atoms with van der Waals surface area (Å²) in [4.78, 5) is 28.8. The Hall–Kier alpha value is -2.52. The molecular weight excluding hydrogens is 522 g/mol. The number of hydrogen-bond donors (Lipinski definition) is 1. The van der Waals surface area contributed by atoms with E-state index in [9.17, 15) is 4.79 Å². The number of carbonyl (C=O) groups is 1. The minimum atomic E-state index is -0.152. The fourth-order valence-electron chi connectivity index (χ4n) is 3.07. The number of imidazole rings is 1. The van der Waals surface area contributed by atoms with E-state index in [0.29, 0.717) is 39.1 Å². The normalized spacial score (nSPS) is 10.6. The average molecular weight is 544 g/mol. The number of ether oxygens (including phenoxy) is 1. The van der Waals surface area contributed by atoms with Crippen molar-refractivity contribution in [3.05, 3.63) is 69.2 Å². The molecule has 0 unspecified atom stereocenters. The molecule has 0 radical (unpaired) electrons. The average Bonchev–Trinajstić information content (AvgIpc) is 3.45. The van der Waals surface area contributed by atoms with E-state index in [1.165, 1.54) is 17.2 Å². The van der Waals surface area contributed by atoms with Gasteiger partial charge in [0.15, 0.2) is 5.75 Å². The fraction of sp³-hybridized carbons (Fsp3) is 0.273. The standard InChI is InChI=1S/C15H16Cl3N3O2.C7H6ClN3/c1-2-4-20(15(22)21-5-3-19-10-21)6-7-23-14-12(17)8-11(16)9-13(14)18;1-4-2-5-6(8)9-3-10-7(5)11-4/h3,5,8-10H,2,4,6-7H2,1H3;2-3H,1H3,(H,9,10,11). The lowest BCUT2D eigenvalue weighted by atomic mass is 10.3. The van der Waals surface area contributed by atoms with Gasteiger partial charge in [0.25, 0.3) is 0 Å². The Morgan fingerprint density at radius 2 is 1.85 bits per heavy atom. The van der Waals surface area contributed by atoms with Crippen LogP contribution in [0.15, 0.2) is 43.2 Å². The number of fused-ring (bicyclic) bond motifs is 1. The summed E-state index contributed by atoms with van der Waals surface area (Å²) in [5, 5.41) is 2.50. The van der Waals surface area contributed by atoms with Crippen molar-refractivity contribution in [1.82, 2.24) is 29.4 Å². The van der Waals surface area contributed by atoms with Crippen molar-refractivity contribution in [3.8, 4) is 5.75 Å². The first-order valence-corrected chi connectivity index (χ1v) is 11.8. The van der Waals surface area contributed by atoms with Gasteiger partial charge in [0, 0.05) is 29.7 Å². The molecule has 4 aromatic rings. The molecule has 0 aliphatic heterocycles. The highest BCUT2D eigenvalue weighted by molar-refractivity contribution is 6.40. The van der Waals surface area contributed by atoms with Crippen LogP contribution in [0, 0.1) is 6.92 Å². The maximum atomic E-state index is 12.3. The molecule has 0 bridgehead atoms. The predicted octanol–water partition coefficient (Wildman–Crippen LogP) is 6.52. The first-order valence-electron chi connectivity index (χ1n) is 10.3. The molecule has 3 aromatic heterocycles. The smallest absolute Gasteiger partial charge is 0.329 e. The topological polar surface area (TPSA) is 88.9 Å². The number of benzene rings is 1. The molecule has 12 heteroatoms. The van der Waals surface area contributed by atoms with E-state index in [-0.39, 0.29) is 12.6 Å². The van der Waals surface area contributed by atoms with Crippen LogP contribution in [-0.4, -0.2) is 55.1 Å². The number of aromatic amines is 1. The van der Waals surface area contributed by atoms with E-state index in [1.54, 1.807) is 29.4 Å². The van der Waals surface area contributed by atoms with Crippen LogP contribution in [-0.2, 0) is 0 Å². The van der Waals surface area contributed by atoms with Gasteiger partial charge in [-0.1, -0.05) is 53.3 Å². The van der Waals surface area contributed by atoms with Crippen LogP contribution in [0.1, 0.15) is 19.0 Å². The second kappa shape index (κ2) is 12.3. The second-order valence-corrected chi connectivity index (χ2v) is 8.77. The van der Waals surface area contributed by atoms with E-state index in [0.717, 1.165) is 23.1 Å². The molecule has 1 amide bonds. The summed E-state index contributed by atoms with van der Waals surface area (Å²) in [6.07, 6.45) is 6.92. The lowest BCUT2D eigenvalue weighted by molar-refractivity contribution is 0.184. The minimum Gasteiger partial charge on any atom is -0.489 e. The third-order valence-electron chi connectivity index (χ3n) is 4.57. The largest absolute Gasteiger partial charge is 0.489 e. The van der Waals surface area contributed by atoms with Crippen molar-refractivity contribution >= 4 is 63.5 Å². The zero-order chi connectivity index (χ0) is 24.7. The molecule has 0 fully saturated rings. The van der Waals surface area contributed by atoms with Crippen LogP contribution < -0.4 is 4.74 Å². The first-order chi connectivity index (χ1) is 16.3. The van der Waals surface area contributed by atoms with Crippen molar-refractivity contribution in [1.29, 1.82) is 0 Å². The lowest BCUT2D eigenvalue weighted by Gasteiger charge is -2.22. The monoisotopic (exact) mass is 542 g/mol. The van der Waals surface area contributed by atoms with Crippen molar-refractivity contribution in [2.24, 2.45) is 0 Å². The van der Waals surface area contributed by atoms with Crippen molar-refractivity contribution in [3.63, 3.8) is 0 Å². The highest BCUT2D eigenvalue weighted by atomic mass is 35.5. The van der Waals surface area contributed by atoms with Gasteiger partial charge < -0.3 is 14.6 Å². The van der Waals surface area contributed by atoms with E-state index < -0.39 is 0 Å². The predicted molar refractivity (Wildman–Crippen MR) is 135 cm³/mol. The van der Waals surface area contributed by atoms with Crippen LogP contribution in [0.25, 0.3) is 11.0 Å². The van der Waals surface area contributed by atoms with E-state index in [2.05, 4.69) is 19.9 Å². The summed E-state index contributed by atoms with van der Waals surface area (Å²) in [6.45, 7) is 5.24. The van der Waals surface area contributed by atoms with Crippen LogP contribution in [0.3, 0.4) is 0 Å². The lowest BCUT2D eigenvalue weighted by Crippen LogP contribution is -2.37. The third-order valence-corrected chi connectivity index (χ3v) is 5.65. The van der Waals surface area contributed by atoms with Gasteiger partial charge in [-0.2, -0.15) is 0 Å². The van der Waals surface area contributed by atoms with Crippen LogP contribution in [0.4, 0.5) is 4.79 Å². The Labute approximate surface area is 216 Å². The summed E-state index contributed by atoms with van der Waals surface area (Å²) < 4.78 is 7.05. The maximum Gasteiger partial charge on any atom is 0.329 e. The number of aryl methyl sites for hydroxylation is 1. The van der Waals surface area contributed by atoms with Gasteiger partial charge in [0.05, 0.1) is 22.0 Å². The highest BCUT2D eigenvalue weighted by Crippen LogP contribution is 2.35. The van der Waals surface area contributed by atoms with Gasteiger partial charge in [-0.25, -0.2) is 19.7 Å². The molecule has 180 valence electrons. The van der Waals surface area contributed by atoms with E-state index in [1.807, 2.05) is 19.9 Å². The molecule has 1 aromatic carbocycles. The fourth-order valence-corrected chi connectivity index (χ4v) is 4.19. The summed E-state index contributed by atoms with van der Waals surface area (Å²) in [7, 11) is 0. The molecule has 0 aliphatic rings. The van der Waals surface area contributed by atoms with E-state index in [4.69, 9.17) is 51.1 Å². The number of carbonyl (C=O) groups excluding carboxylic acids is 1. The quantitative estimate of drug-likeness (QED) is 0.279. The second-order valence-electron chi connectivity index (χ2n) is 7.17. The molecule has 1 N–H and O–H groups in total. The number of amides is 1. The number of rotatable bonds is 6. The van der Waals surface area contributed by atoms with Gasteiger partial charge >= 0.3 is 6.03 Å². The van der Waals surface area contributed by atoms with Crippen molar-refractivity contribution in [2.75, 3.05) is 19.7 Å². The van der Waals surface area contributed by atoms with E-state index >= 15 is 0 Å². The summed E-state index contributed by atoms with van der Waals surface area (Å²) >= 11 is 23.8. The Bertz CT molecular complexity index is 1220. The molecule has 0 aliphatic carbocycles. The SMILES string of the molecule is CCCN(CCOc1c(Cl)cc(Cl)cc1Cl)C(=O)n1ccnc1.Cc1cc2c(Cl)ncnc2[nH]1. The summed E-state index contributed by atoms with van der Waals surface area (Å²) in [6, 6.07) is 4.90. The van der Waals surface area contributed by atoms with Gasteiger partial charge in [0.1, 0.15) is 30.1 Å². The molecule has 0 spiro atoms. The summed E-state index contributed by atoms with van der Waals surface area (Å²) in [5.74, 6) is 0.365. The number of aromatic nitrogens is 5. The van der Waals surface area contributed by atoms with Gasteiger partial charge in [-0.15, -0.1) is 0 Å². The Kier molecular flexibility index (Phi) is 9.41. The molecule has 0 saturated carbocycles. The summed E-state index contributed by atoms with van der Waals surface area (Å²) in [5.41, 5.74) is 1.84. The zero-order valence-electron chi connectivity index (χ0n) is 18.4. The number of halogens is 4. The van der Waals surface area contributed by atoms with Gasteiger partial charge in [0.2, 0.25) is 0 Å². The van der Waals surface area contributed by atoms with Gasteiger partial charge in [-0.05, 0) is 31.5 Å².